The molecule has 1 aromatic rings. The highest BCUT2D eigenvalue weighted by molar-refractivity contribution is 9.10. The Bertz CT molecular complexity index is 514. The van der Waals surface area contributed by atoms with Crippen molar-refractivity contribution in [3.63, 3.8) is 0 Å². The second kappa shape index (κ2) is 9.14. The summed E-state index contributed by atoms with van der Waals surface area (Å²) in [6.45, 7) is 5.04. The maximum absolute atomic E-state index is 13.1. The van der Waals surface area contributed by atoms with Crippen molar-refractivity contribution >= 4 is 15.9 Å². The quantitative estimate of drug-likeness (QED) is 0.548. The summed E-state index contributed by atoms with van der Waals surface area (Å²) in [4.78, 5) is 0. The van der Waals surface area contributed by atoms with Gasteiger partial charge in [-0.3, -0.25) is 0 Å². The van der Waals surface area contributed by atoms with Crippen LogP contribution in [0, 0.1) is 6.92 Å². The number of halogens is 3. The SMILES string of the molecule is Cc1ccc(Br)c(O[C@@H](C)CCCCNC2CCC(F)(F)CC2)c1. The molecular weight excluding hydrogens is 376 g/mol. The van der Waals surface area contributed by atoms with E-state index in [1.165, 1.54) is 5.56 Å². The second-order valence-corrected chi connectivity index (χ2v) is 7.80. The average molecular weight is 404 g/mol. The number of hydrogen-bond acceptors (Lipinski definition) is 2. The Morgan fingerprint density at radius 1 is 1.29 bits per heavy atom. The van der Waals surface area contributed by atoms with Crippen LogP contribution in [-0.2, 0) is 0 Å². The lowest BCUT2D eigenvalue weighted by Gasteiger charge is -2.29. The molecule has 1 saturated carbocycles. The van der Waals surface area contributed by atoms with Crippen molar-refractivity contribution < 1.29 is 13.5 Å². The lowest BCUT2D eigenvalue weighted by Crippen LogP contribution is -2.37. The van der Waals surface area contributed by atoms with Gasteiger partial charge in [-0.2, -0.15) is 0 Å². The summed E-state index contributed by atoms with van der Waals surface area (Å²) < 4.78 is 33.2. The Morgan fingerprint density at radius 2 is 2.00 bits per heavy atom. The molecule has 1 aliphatic carbocycles. The molecule has 5 heteroatoms. The molecule has 0 aromatic heterocycles. The van der Waals surface area contributed by atoms with Crippen molar-refractivity contribution in [2.45, 2.75) is 76.9 Å². The minimum atomic E-state index is -2.44. The Labute approximate surface area is 152 Å². The van der Waals surface area contributed by atoms with Crippen molar-refractivity contribution in [3.8, 4) is 5.75 Å². The molecule has 1 atom stereocenters. The molecule has 0 aliphatic heterocycles. The van der Waals surface area contributed by atoms with Gasteiger partial charge in [-0.15, -0.1) is 0 Å². The van der Waals surface area contributed by atoms with Crippen LogP contribution in [0.25, 0.3) is 0 Å². The minimum absolute atomic E-state index is 0.0287. The standard InChI is InChI=1S/C19H28BrF2NO/c1-14-6-7-17(20)18(13-14)24-15(2)5-3-4-12-23-16-8-10-19(21,22)11-9-16/h6-7,13,15-16,23H,3-5,8-12H2,1-2H3/t15-/m0/s1. The van der Waals surface area contributed by atoms with Crippen LogP contribution in [0.4, 0.5) is 8.78 Å². The Balaban J connectivity index is 1.58. The van der Waals surface area contributed by atoms with E-state index < -0.39 is 5.92 Å². The first-order chi connectivity index (χ1) is 11.4. The molecule has 0 saturated heterocycles. The van der Waals surface area contributed by atoms with Gasteiger partial charge < -0.3 is 10.1 Å². The van der Waals surface area contributed by atoms with E-state index in [9.17, 15) is 8.78 Å². The highest BCUT2D eigenvalue weighted by Crippen LogP contribution is 2.33. The summed E-state index contributed by atoms with van der Waals surface area (Å²) in [6.07, 6.45) is 4.52. The first-order valence-electron chi connectivity index (χ1n) is 8.90. The topological polar surface area (TPSA) is 21.3 Å². The van der Waals surface area contributed by atoms with Gasteiger partial charge in [0.25, 0.3) is 0 Å². The monoisotopic (exact) mass is 403 g/mol. The molecule has 2 rings (SSSR count). The van der Waals surface area contributed by atoms with Crippen molar-refractivity contribution in [1.29, 1.82) is 0 Å². The van der Waals surface area contributed by atoms with E-state index in [2.05, 4.69) is 41.2 Å². The summed E-state index contributed by atoms with van der Waals surface area (Å²) in [5, 5.41) is 3.42. The second-order valence-electron chi connectivity index (χ2n) is 6.94. The number of benzene rings is 1. The van der Waals surface area contributed by atoms with Gasteiger partial charge in [0.15, 0.2) is 0 Å². The number of nitrogens with one attached hydrogen (secondary N) is 1. The first kappa shape index (κ1) is 19.6. The lowest BCUT2D eigenvalue weighted by molar-refractivity contribution is -0.0403. The van der Waals surface area contributed by atoms with Gasteiger partial charge in [-0.25, -0.2) is 8.78 Å². The smallest absolute Gasteiger partial charge is 0.248 e. The van der Waals surface area contributed by atoms with Gasteiger partial charge in [0.2, 0.25) is 5.92 Å². The van der Waals surface area contributed by atoms with Crippen molar-refractivity contribution in [2.24, 2.45) is 0 Å². The zero-order valence-electron chi connectivity index (χ0n) is 14.6. The number of ether oxygens (including phenoxy) is 1. The predicted molar refractivity (Wildman–Crippen MR) is 98.0 cm³/mol. The molecule has 0 heterocycles. The number of rotatable bonds is 8. The van der Waals surface area contributed by atoms with E-state index in [0.717, 1.165) is 36.0 Å². The van der Waals surface area contributed by atoms with Gasteiger partial charge in [0.1, 0.15) is 5.75 Å². The molecule has 0 unspecified atom stereocenters. The van der Waals surface area contributed by atoms with Gasteiger partial charge >= 0.3 is 0 Å². The van der Waals surface area contributed by atoms with Crippen molar-refractivity contribution in [3.05, 3.63) is 28.2 Å². The van der Waals surface area contributed by atoms with E-state index >= 15 is 0 Å². The van der Waals surface area contributed by atoms with E-state index in [0.29, 0.717) is 12.8 Å². The van der Waals surface area contributed by atoms with Crippen LogP contribution in [-0.4, -0.2) is 24.6 Å². The molecule has 0 bridgehead atoms. The van der Waals surface area contributed by atoms with Gasteiger partial charge in [0, 0.05) is 18.9 Å². The van der Waals surface area contributed by atoms with Gasteiger partial charge in [-0.1, -0.05) is 6.07 Å². The Hall–Kier alpha value is -0.680. The van der Waals surface area contributed by atoms with Crippen LogP contribution < -0.4 is 10.1 Å². The van der Waals surface area contributed by atoms with Crippen LogP contribution in [0.1, 0.15) is 57.4 Å². The summed E-state index contributed by atoms with van der Waals surface area (Å²) in [7, 11) is 0. The van der Waals surface area contributed by atoms with E-state index in [1.807, 2.05) is 12.1 Å². The summed E-state index contributed by atoms with van der Waals surface area (Å²) >= 11 is 3.52. The third-order valence-corrected chi connectivity index (χ3v) is 5.26. The average Bonchev–Trinajstić information content (AvgIpc) is 2.52. The Morgan fingerprint density at radius 3 is 2.71 bits per heavy atom. The molecule has 1 N–H and O–H groups in total. The number of hydrogen-bond donors (Lipinski definition) is 1. The van der Waals surface area contributed by atoms with Crippen LogP contribution in [0.3, 0.4) is 0 Å². The van der Waals surface area contributed by atoms with Crippen LogP contribution in [0.15, 0.2) is 22.7 Å². The zero-order valence-corrected chi connectivity index (χ0v) is 16.2. The maximum Gasteiger partial charge on any atom is 0.248 e. The van der Waals surface area contributed by atoms with Crippen LogP contribution in [0.2, 0.25) is 0 Å². The third-order valence-electron chi connectivity index (χ3n) is 4.60. The molecule has 0 spiro atoms. The third kappa shape index (κ3) is 6.67. The fourth-order valence-corrected chi connectivity index (χ4v) is 3.42. The maximum atomic E-state index is 13.1. The summed E-state index contributed by atoms with van der Waals surface area (Å²) in [5.74, 6) is -1.54. The van der Waals surface area contributed by atoms with Gasteiger partial charge in [0.05, 0.1) is 10.6 Å². The van der Waals surface area contributed by atoms with E-state index in [4.69, 9.17) is 4.74 Å². The Kier molecular flexibility index (Phi) is 7.48. The first-order valence-corrected chi connectivity index (χ1v) is 9.69. The molecule has 1 aliphatic rings. The molecular formula is C19H28BrF2NO. The fourth-order valence-electron chi connectivity index (χ4n) is 3.08. The largest absolute Gasteiger partial charge is 0.490 e. The molecule has 0 radical (unpaired) electrons. The summed E-state index contributed by atoms with van der Waals surface area (Å²) in [5.41, 5.74) is 1.18. The minimum Gasteiger partial charge on any atom is -0.490 e. The van der Waals surface area contributed by atoms with E-state index in [1.54, 1.807) is 0 Å². The number of aryl methyl sites for hydroxylation is 1. The van der Waals surface area contributed by atoms with Crippen molar-refractivity contribution in [2.75, 3.05) is 6.54 Å². The lowest BCUT2D eigenvalue weighted by atomic mass is 9.92. The number of alkyl halides is 2. The molecule has 24 heavy (non-hydrogen) atoms. The molecule has 136 valence electrons. The zero-order chi connectivity index (χ0) is 17.6. The molecule has 2 nitrogen and oxygen atoms in total. The number of unbranched alkanes of at least 4 members (excludes halogenated alkanes) is 1. The van der Waals surface area contributed by atoms with Crippen LogP contribution in [0.5, 0.6) is 5.75 Å². The van der Waals surface area contributed by atoms with E-state index in [-0.39, 0.29) is 25.0 Å². The fraction of sp³-hybridized carbons (Fsp3) is 0.684. The van der Waals surface area contributed by atoms with Gasteiger partial charge in [-0.05, 0) is 86.1 Å². The molecule has 1 aromatic carbocycles. The highest BCUT2D eigenvalue weighted by Gasteiger charge is 2.34. The highest BCUT2D eigenvalue weighted by atomic mass is 79.9. The molecule has 1 fully saturated rings. The molecule has 0 amide bonds. The summed E-state index contributed by atoms with van der Waals surface area (Å²) in [6, 6.07) is 6.37. The normalized spacial score (nSPS) is 19.2. The van der Waals surface area contributed by atoms with Crippen LogP contribution >= 0.6 is 15.9 Å². The predicted octanol–water partition coefficient (Wildman–Crippen LogP) is 5.86. The van der Waals surface area contributed by atoms with Crippen molar-refractivity contribution in [1.82, 2.24) is 5.32 Å².